The first kappa shape index (κ1) is 16.5. The van der Waals surface area contributed by atoms with Crippen molar-refractivity contribution in [2.75, 3.05) is 21.3 Å². The number of methoxy groups -OCH3 is 3. The molecule has 0 amide bonds. The van der Waals surface area contributed by atoms with Crippen LogP contribution in [0.2, 0.25) is 0 Å². The monoisotopic (exact) mass is 316 g/mol. The maximum absolute atomic E-state index is 9.99. The van der Waals surface area contributed by atoms with Crippen molar-refractivity contribution in [2.24, 2.45) is 0 Å². The number of phenols is 2. The zero-order valence-electron chi connectivity index (χ0n) is 13.6. The summed E-state index contributed by atoms with van der Waals surface area (Å²) in [5.41, 5.74) is 1.87. The van der Waals surface area contributed by atoms with Crippen LogP contribution in [0.4, 0.5) is 0 Å². The molecule has 0 radical (unpaired) electrons. The molecule has 0 atom stereocenters. The fraction of sp³-hybridized carbons (Fsp3) is 0.222. The molecule has 2 aromatic carbocycles. The Kier molecular flexibility index (Phi) is 5.01. The van der Waals surface area contributed by atoms with Gasteiger partial charge in [-0.2, -0.15) is 0 Å². The lowest BCUT2D eigenvalue weighted by molar-refractivity contribution is 0.324. The molecule has 0 aliphatic heterocycles. The Hall–Kier alpha value is -2.82. The number of aromatic hydroxyl groups is 2. The third kappa shape index (κ3) is 3.18. The normalized spacial score (nSPS) is 10.8. The number of hydrogen-bond acceptors (Lipinski definition) is 5. The van der Waals surface area contributed by atoms with Gasteiger partial charge in [-0.25, -0.2) is 0 Å². The van der Waals surface area contributed by atoms with Crippen molar-refractivity contribution in [1.29, 1.82) is 0 Å². The van der Waals surface area contributed by atoms with Gasteiger partial charge in [0.05, 0.1) is 21.3 Å². The predicted molar refractivity (Wildman–Crippen MR) is 89.5 cm³/mol. The summed E-state index contributed by atoms with van der Waals surface area (Å²) in [7, 11) is 4.64. The first-order chi connectivity index (χ1) is 11.0. The van der Waals surface area contributed by atoms with Gasteiger partial charge in [0.2, 0.25) is 5.75 Å². The molecule has 0 spiro atoms. The Bertz CT molecular complexity index is 735. The summed E-state index contributed by atoms with van der Waals surface area (Å²) >= 11 is 0. The van der Waals surface area contributed by atoms with Gasteiger partial charge in [0.1, 0.15) is 0 Å². The van der Waals surface area contributed by atoms with Gasteiger partial charge >= 0.3 is 0 Å². The summed E-state index contributed by atoms with van der Waals surface area (Å²) in [5, 5.41) is 19.8. The lowest BCUT2D eigenvalue weighted by atomic mass is 10.1. The maximum Gasteiger partial charge on any atom is 0.203 e. The molecule has 0 aromatic heterocycles. The maximum atomic E-state index is 9.99. The SMILES string of the molecule is COc1ccc(C=Cc2ccc(C)c(O)c2O)c(OC)c1OC. The third-order valence-corrected chi connectivity index (χ3v) is 3.56. The van der Waals surface area contributed by atoms with Gasteiger partial charge in [-0.3, -0.25) is 0 Å². The molecule has 23 heavy (non-hydrogen) atoms. The van der Waals surface area contributed by atoms with Crippen LogP contribution in [0.3, 0.4) is 0 Å². The molecule has 0 aliphatic carbocycles. The Morgan fingerprint density at radius 1 is 0.739 bits per heavy atom. The van der Waals surface area contributed by atoms with Crippen molar-refractivity contribution >= 4 is 12.2 Å². The molecule has 0 aliphatic rings. The van der Waals surface area contributed by atoms with Crippen LogP contribution in [0.1, 0.15) is 16.7 Å². The second kappa shape index (κ2) is 6.96. The summed E-state index contributed by atoms with van der Waals surface area (Å²) in [5.74, 6) is 1.32. The number of aryl methyl sites for hydroxylation is 1. The van der Waals surface area contributed by atoms with Crippen molar-refractivity contribution in [2.45, 2.75) is 6.92 Å². The van der Waals surface area contributed by atoms with Crippen molar-refractivity contribution in [1.82, 2.24) is 0 Å². The molecule has 0 bridgehead atoms. The predicted octanol–water partition coefficient (Wildman–Crippen LogP) is 3.60. The van der Waals surface area contributed by atoms with E-state index in [9.17, 15) is 10.2 Å². The summed E-state index contributed by atoms with van der Waals surface area (Å²) in [6, 6.07) is 7.06. The zero-order chi connectivity index (χ0) is 17.0. The molecule has 0 saturated heterocycles. The smallest absolute Gasteiger partial charge is 0.203 e. The Morgan fingerprint density at radius 2 is 1.35 bits per heavy atom. The minimum atomic E-state index is -0.152. The molecule has 0 unspecified atom stereocenters. The van der Waals surface area contributed by atoms with Gasteiger partial charge in [-0.05, 0) is 24.6 Å². The first-order valence-corrected chi connectivity index (χ1v) is 7.02. The standard InChI is InChI=1S/C18H20O5/c1-11-5-6-12(16(20)15(11)19)7-8-13-9-10-14(21-2)18(23-4)17(13)22-3/h5-10,19-20H,1-4H3. The zero-order valence-corrected chi connectivity index (χ0v) is 13.6. The topological polar surface area (TPSA) is 68.2 Å². The average molecular weight is 316 g/mol. The fourth-order valence-corrected chi connectivity index (χ4v) is 2.27. The Morgan fingerprint density at radius 3 is 1.96 bits per heavy atom. The van der Waals surface area contributed by atoms with E-state index in [1.807, 2.05) is 6.07 Å². The van der Waals surface area contributed by atoms with Crippen molar-refractivity contribution in [3.05, 3.63) is 41.0 Å². The van der Waals surface area contributed by atoms with Crippen LogP contribution in [-0.2, 0) is 0 Å². The van der Waals surface area contributed by atoms with E-state index in [4.69, 9.17) is 14.2 Å². The van der Waals surface area contributed by atoms with E-state index in [0.29, 0.717) is 28.4 Å². The molecule has 122 valence electrons. The van der Waals surface area contributed by atoms with Crippen LogP contribution in [0.5, 0.6) is 28.7 Å². The van der Waals surface area contributed by atoms with E-state index in [0.717, 1.165) is 5.56 Å². The number of benzene rings is 2. The lowest BCUT2D eigenvalue weighted by Gasteiger charge is -2.14. The summed E-state index contributed by atoms with van der Waals surface area (Å²) in [4.78, 5) is 0. The molecule has 2 N–H and O–H groups in total. The van der Waals surface area contributed by atoms with E-state index in [1.165, 1.54) is 7.11 Å². The van der Waals surface area contributed by atoms with Gasteiger partial charge < -0.3 is 24.4 Å². The van der Waals surface area contributed by atoms with E-state index < -0.39 is 0 Å². The Labute approximate surface area is 135 Å². The second-order valence-corrected chi connectivity index (χ2v) is 4.93. The van der Waals surface area contributed by atoms with E-state index in [-0.39, 0.29) is 11.5 Å². The highest BCUT2D eigenvalue weighted by Gasteiger charge is 2.14. The molecule has 0 fully saturated rings. The van der Waals surface area contributed by atoms with Crippen LogP contribution >= 0.6 is 0 Å². The van der Waals surface area contributed by atoms with Crippen molar-refractivity contribution < 1.29 is 24.4 Å². The van der Waals surface area contributed by atoms with Crippen LogP contribution < -0.4 is 14.2 Å². The van der Waals surface area contributed by atoms with Gasteiger partial charge in [0.15, 0.2) is 23.0 Å². The van der Waals surface area contributed by atoms with Crippen LogP contribution in [-0.4, -0.2) is 31.5 Å². The summed E-state index contributed by atoms with van der Waals surface area (Å²) < 4.78 is 16.0. The molecule has 0 heterocycles. The molecule has 2 rings (SSSR count). The largest absolute Gasteiger partial charge is 0.504 e. The van der Waals surface area contributed by atoms with Crippen molar-refractivity contribution in [3.8, 4) is 28.7 Å². The average Bonchev–Trinajstić information content (AvgIpc) is 2.58. The molecular formula is C18H20O5. The highest BCUT2D eigenvalue weighted by Crippen LogP contribution is 2.41. The van der Waals surface area contributed by atoms with Crippen LogP contribution in [0.15, 0.2) is 24.3 Å². The molecular weight excluding hydrogens is 296 g/mol. The highest BCUT2D eigenvalue weighted by molar-refractivity contribution is 5.78. The van der Waals surface area contributed by atoms with E-state index in [2.05, 4.69) is 0 Å². The van der Waals surface area contributed by atoms with Gasteiger partial charge in [0, 0.05) is 11.1 Å². The molecule has 5 heteroatoms. The van der Waals surface area contributed by atoms with Gasteiger partial charge in [0.25, 0.3) is 0 Å². The van der Waals surface area contributed by atoms with Crippen LogP contribution in [0.25, 0.3) is 12.2 Å². The highest BCUT2D eigenvalue weighted by atomic mass is 16.5. The van der Waals surface area contributed by atoms with Crippen molar-refractivity contribution in [3.63, 3.8) is 0 Å². The number of phenolic OH excluding ortho intramolecular Hbond substituents is 2. The molecule has 0 saturated carbocycles. The quantitative estimate of drug-likeness (QED) is 0.651. The minimum absolute atomic E-state index is 0.119. The van der Waals surface area contributed by atoms with Gasteiger partial charge in [-0.1, -0.05) is 24.3 Å². The van der Waals surface area contributed by atoms with E-state index in [1.54, 1.807) is 51.5 Å². The number of hydrogen-bond donors (Lipinski definition) is 2. The summed E-state index contributed by atoms with van der Waals surface area (Å²) in [6.45, 7) is 1.72. The third-order valence-electron chi connectivity index (χ3n) is 3.56. The number of rotatable bonds is 5. The number of ether oxygens (including phenoxy) is 3. The Balaban J connectivity index is 2.46. The molecule has 2 aromatic rings. The fourth-order valence-electron chi connectivity index (χ4n) is 2.27. The van der Waals surface area contributed by atoms with Gasteiger partial charge in [-0.15, -0.1) is 0 Å². The minimum Gasteiger partial charge on any atom is -0.504 e. The summed E-state index contributed by atoms with van der Waals surface area (Å²) in [6.07, 6.45) is 3.46. The van der Waals surface area contributed by atoms with Crippen LogP contribution in [0, 0.1) is 6.92 Å². The second-order valence-electron chi connectivity index (χ2n) is 4.93. The van der Waals surface area contributed by atoms with E-state index >= 15 is 0 Å². The first-order valence-electron chi connectivity index (χ1n) is 7.02. The molecule has 5 nitrogen and oxygen atoms in total. The lowest BCUT2D eigenvalue weighted by Crippen LogP contribution is -1.96.